The summed E-state index contributed by atoms with van der Waals surface area (Å²) in [5, 5.41) is 11.5. The third-order valence-electron chi connectivity index (χ3n) is 2.52. The van der Waals surface area contributed by atoms with Crippen molar-refractivity contribution in [1.29, 1.82) is 0 Å². The summed E-state index contributed by atoms with van der Waals surface area (Å²) in [4.78, 5) is 4.07. The van der Waals surface area contributed by atoms with Gasteiger partial charge in [0.2, 0.25) is 0 Å². The van der Waals surface area contributed by atoms with Crippen LogP contribution in [0.2, 0.25) is 0 Å². The van der Waals surface area contributed by atoms with E-state index in [-0.39, 0.29) is 25.5 Å². The van der Waals surface area contributed by atoms with E-state index >= 15 is 0 Å². The molecule has 0 aliphatic carbocycles. The number of nitrogens with two attached hydrogens (primary N) is 2. The summed E-state index contributed by atoms with van der Waals surface area (Å²) in [6.45, 7) is 0.283. The van der Waals surface area contributed by atoms with Crippen molar-refractivity contribution >= 4 is 0 Å². The maximum atomic E-state index is 5.79. The maximum Gasteiger partial charge on any atom is 0.132 e. The number of nitrogens with one attached hydrogen (secondary N) is 3. The van der Waals surface area contributed by atoms with Gasteiger partial charge in [0.05, 0.1) is 6.67 Å². The van der Waals surface area contributed by atoms with Gasteiger partial charge in [-0.05, 0) is 28.2 Å². The van der Waals surface area contributed by atoms with Crippen LogP contribution in [0.4, 0.5) is 0 Å². The smallest absolute Gasteiger partial charge is 0.132 e. The molecule has 0 aromatic heterocycles. The number of hydrogen-bond acceptors (Lipinski definition) is 8. The SMILES string of the molecule is CN(C)C1NC(N(C)C)NC(N(N)CN)N1. The van der Waals surface area contributed by atoms with Crippen LogP contribution in [0.25, 0.3) is 0 Å². The Morgan fingerprint density at radius 1 is 0.875 bits per heavy atom. The molecule has 0 radical (unpaired) electrons. The molecule has 0 bridgehead atoms. The summed E-state index contributed by atoms with van der Waals surface area (Å²) in [6.07, 6.45) is -0.0847. The van der Waals surface area contributed by atoms with Crippen LogP contribution < -0.4 is 27.5 Å². The zero-order chi connectivity index (χ0) is 12.3. The standard InChI is InChI=1S/C8H24N8/c1-14(2)6-11-7(15(3)4)13-8(12-6)16(10)5-9/h6-8,11-13H,5,9-10H2,1-4H3. The van der Waals surface area contributed by atoms with Gasteiger partial charge in [0.1, 0.15) is 18.9 Å². The quantitative estimate of drug-likeness (QED) is 0.197. The Morgan fingerprint density at radius 3 is 1.56 bits per heavy atom. The molecule has 0 saturated carbocycles. The van der Waals surface area contributed by atoms with Crippen molar-refractivity contribution in [3.05, 3.63) is 0 Å². The fourth-order valence-corrected chi connectivity index (χ4v) is 1.49. The molecule has 1 aliphatic rings. The first kappa shape index (κ1) is 13.7. The third kappa shape index (κ3) is 3.34. The van der Waals surface area contributed by atoms with Crippen molar-refractivity contribution in [2.75, 3.05) is 34.9 Å². The lowest BCUT2D eigenvalue weighted by Gasteiger charge is -2.45. The second-order valence-corrected chi connectivity index (χ2v) is 4.33. The normalized spacial score (nSPS) is 31.7. The predicted molar refractivity (Wildman–Crippen MR) is 63.2 cm³/mol. The molecule has 2 atom stereocenters. The maximum absolute atomic E-state index is 5.79. The average Bonchev–Trinajstić information content (AvgIpc) is 2.27. The van der Waals surface area contributed by atoms with Gasteiger partial charge < -0.3 is 5.73 Å². The van der Waals surface area contributed by atoms with Gasteiger partial charge in [0.15, 0.2) is 0 Å². The van der Waals surface area contributed by atoms with Crippen LogP contribution in [-0.4, -0.2) is 68.5 Å². The van der Waals surface area contributed by atoms with Gasteiger partial charge in [-0.1, -0.05) is 0 Å². The van der Waals surface area contributed by atoms with E-state index in [0.717, 1.165) is 0 Å². The molecule has 1 saturated heterocycles. The Bertz CT molecular complexity index is 192. The van der Waals surface area contributed by atoms with Crippen molar-refractivity contribution in [2.24, 2.45) is 11.6 Å². The summed E-state index contributed by atoms with van der Waals surface area (Å²) >= 11 is 0. The van der Waals surface area contributed by atoms with E-state index in [1.807, 2.05) is 38.0 Å². The van der Waals surface area contributed by atoms with Gasteiger partial charge in [-0.25, -0.2) is 5.01 Å². The van der Waals surface area contributed by atoms with Crippen LogP contribution in [0.3, 0.4) is 0 Å². The van der Waals surface area contributed by atoms with Crippen molar-refractivity contribution < 1.29 is 0 Å². The van der Waals surface area contributed by atoms with Crippen LogP contribution in [0.15, 0.2) is 0 Å². The van der Waals surface area contributed by atoms with Crippen LogP contribution in [0.5, 0.6) is 0 Å². The minimum absolute atomic E-state index is 0.0382. The van der Waals surface area contributed by atoms with Gasteiger partial charge in [-0.2, -0.15) is 0 Å². The topological polar surface area (TPSA) is 97.8 Å². The molecule has 1 fully saturated rings. The summed E-state index contributed by atoms with van der Waals surface area (Å²) < 4.78 is 0. The molecule has 96 valence electrons. The summed E-state index contributed by atoms with van der Waals surface area (Å²) in [6, 6.07) is 0. The summed E-state index contributed by atoms with van der Waals surface area (Å²) in [5.74, 6) is 5.79. The van der Waals surface area contributed by atoms with Crippen molar-refractivity contribution in [3.63, 3.8) is 0 Å². The molecule has 8 heteroatoms. The van der Waals surface area contributed by atoms with E-state index in [2.05, 4.69) is 16.0 Å². The lowest BCUT2D eigenvalue weighted by Crippen LogP contribution is -2.78. The van der Waals surface area contributed by atoms with Gasteiger partial charge in [-0.3, -0.25) is 31.6 Å². The Hall–Kier alpha value is -0.320. The molecule has 8 nitrogen and oxygen atoms in total. The first-order chi connectivity index (χ1) is 7.45. The molecule has 16 heavy (non-hydrogen) atoms. The van der Waals surface area contributed by atoms with E-state index in [1.54, 1.807) is 0 Å². The van der Waals surface area contributed by atoms with Gasteiger partial charge in [0, 0.05) is 0 Å². The first-order valence-corrected chi connectivity index (χ1v) is 5.28. The lowest BCUT2D eigenvalue weighted by molar-refractivity contribution is -0.0178. The number of nitrogens with zero attached hydrogens (tertiary/aromatic N) is 3. The number of rotatable bonds is 4. The monoisotopic (exact) mass is 232 g/mol. The van der Waals surface area contributed by atoms with Gasteiger partial charge in [0.25, 0.3) is 0 Å². The average molecular weight is 232 g/mol. The molecule has 0 spiro atoms. The molecule has 1 rings (SSSR count). The highest BCUT2D eigenvalue weighted by molar-refractivity contribution is 4.79. The number of hydrogen-bond donors (Lipinski definition) is 5. The molecule has 0 amide bonds. The zero-order valence-electron chi connectivity index (χ0n) is 10.4. The highest BCUT2D eigenvalue weighted by atomic mass is 15.6. The van der Waals surface area contributed by atoms with Crippen molar-refractivity contribution in [1.82, 2.24) is 30.8 Å². The Morgan fingerprint density at radius 2 is 1.25 bits per heavy atom. The molecule has 0 aromatic rings. The zero-order valence-corrected chi connectivity index (χ0v) is 10.4. The Kier molecular flexibility index (Phi) is 5.02. The van der Waals surface area contributed by atoms with E-state index in [0.29, 0.717) is 0 Å². The molecule has 7 N–H and O–H groups in total. The fourth-order valence-electron chi connectivity index (χ4n) is 1.49. The molecular formula is C8H24N8. The predicted octanol–water partition coefficient (Wildman–Crippen LogP) is -3.17. The second-order valence-electron chi connectivity index (χ2n) is 4.33. The highest BCUT2D eigenvalue weighted by Crippen LogP contribution is 2.00. The first-order valence-electron chi connectivity index (χ1n) is 5.28. The molecule has 1 aliphatic heterocycles. The molecule has 2 unspecified atom stereocenters. The molecule has 1 heterocycles. The van der Waals surface area contributed by atoms with Crippen LogP contribution >= 0.6 is 0 Å². The van der Waals surface area contributed by atoms with Crippen molar-refractivity contribution in [3.8, 4) is 0 Å². The van der Waals surface area contributed by atoms with Crippen molar-refractivity contribution in [2.45, 2.75) is 18.9 Å². The van der Waals surface area contributed by atoms with E-state index in [9.17, 15) is 0 Å². The summed E-state index contributed by atoms with van der Waals surface area (Å²) in [7, 11) is 7.96. The Balaban J connectivity index is 2.66. The highest BCUT2D eigenvalue weighted by Gasteiger charge is 2.30. The number of hydrazine groups is 1. The molecule has 0 aromatic carbocycles. The van der Waals surface area contributed by atoms with E-state index in [1.165, 1.54) is 5.01 Å². The third-order valence-corrected chi connectivity index (χ3v) is 2.52. The second kappa shape index (κ2) is 5.84. The van der Waals surface area contributed by atoms with Crippen LogP contribution in [-0.2, 0) is 0 Å². The summed E-state index contributed by atoms with van der Waals surface area (Å²) in [5.41, 5.74) is 5.52. The van der Waals surface area contributed by atoms with E-state index in [4.69, 9.17) is 11.6 Å². The van der Waals surface area contributed by atoms with Crippen LogP contribution in [0, 0.1) is 0 Å². The largest absolute Gasteiger partial charge is 0.317 e. The lowest BCUT2D eigenvalue weighted by atomic mass is 10.5. The van der Waals surface area contributed by atoms with Gasteiger partial charge in [-0.15, -0.1) is 0 Å². The minimum Gasteiger partial charge on any atom is -0.317 e. The van der Waals surface area contributed by atoms with Crippen LogP contribution in [0.1, 0.15) is 0 Å². The van der Waals surface area contributed by atoms with Gasteiger partial charge >= 0.3 is 0 Å². The Labute approximate surface area is 96.9 Å². The fraction of sp³-hybridized carbons (Fsp3) is 1.00. The molecular weight excluding hydrogens is 208 g/mol. The minimum atomic E-state index is -0.161. The van der Waals surface area contributed by atoms with E-state index < -0.39 is 0 Å².